The number of fused-ring (bicyclic) bond motifs is 1. The molecule has 0 fully saturated rings. The molecule has 0 spiro atoms. The Morgan fingerprint density at radius 1 is 1.08 bits per heavy atom. The third kappa shape index (κ3) is 2.99. The molecule has 0 N–H and O–H groups in total. The van der Waals surface area contributed by atoms with Gasteiger partial charge in [-0.3, -0.25) is 0 Å². The van der Waals surface area contributed by atoms with Crippen LogP contribution in [0.2, 0.25) is 0 Å². The molecule has 0 saturated carbocycles. The first kappa shape index (κ1) is 15.5. The first-order valence-corrected chi connectivity index (χ1v) is 9.63. The van der Waals surface area contributed by atoms with Gasteiger partial charge in [-0.05, 0) is 31.2 Å². The second-order valence-electron chi connectivity index (χ2n) is 4.82. The van der Waals surface area contributed by atoms with E-state index in [0.717, 1.165) is 36.5 Å². The number of thioether (sulfide) groups is 1. The van der Waals surface area contributed by atoms with Gasteiger partial charge in [0.15, 0.2) is 10.2 Å². The van der Waals surface area contributed by atoms with E-state index in [0.29, 0.717) is 5.75 Å². The Hall–Kier alpha value is -2.04. The maximum Gasteiger partial charge on any atom is 0.235 e. The second kappa shape index (κ2) is 6.46. The van der Waals surface area contributed by atoms with Crippen molar-refractivity contribution in [3.8, 4) is 16.3 Å². The first-order valence-electron chi connectivity index (χ1n) is 7.01. The van der Waals surface area contributed by atoms with Crippen LogP contribution < -0.4 is 4.74 Å². The maximum absolute atomic E-state index is 5.19. The highest BCUT2D eigenvalue weighted by atomic mass is 32.2. The van der Waals surface area contributed by atoms with Gasteiger partial charge in [0.1, 0.15) is 15.8 Å². The number of hydrogen-bond donors (Lipinski definition) is 0. The Labute approximate surface area is 149 Å². The van der Waals surface area contributed by atoms with E-state index < -0.39 is 0 Å². The van der Waals surface area contributed by atoms with Gasteiger partial charge in [0.05, 0.1) is 12.9 Å². The Morgan fingerprint density at radius 2 is 1.92 bits per heavy atom. The van der Waals surface area contributed by atoms with Crippen LogP contribution in [-0.4, -0.2) is 37.1 Å². The summed E-state index contributed by atoms with van der Waals surface area (Å²) < 4.78 is 7.91. The molecule has 0 aliphatic rings. The minimum atomic E-state index is 0.654. The molecule has 7 nitrogen and oxygen atoms in total. The smallest absolute Gasteiger partial charge is 0.235 e. The van der Waals surface area contributed by atoms with Gasteiger partial charge in [0, 0.05) is 5.56 Å². The lowest BCUT2D eigenvalue weighted by Crippen LogP contribution is -1.94. The van der Waals surface area contributed by atoms with Crippen molar-refractivity contribution in [2.45, 2.75) is 17.0 Å². The number of ether oxygens (including phenoxy) is 1. The van der Waals surface area contributed by atoms with Crippen molar-refractivity contribution in [2.75, 3.05) is 7.11 Å². The normalized spacial score (nSPS) is 11.2. The van der Waals surface area contributed by atoms with Crippen molar-refractivity contribution in [1.82, 2.24) is 30.0 Å². The number of hydrogen-bond acceptors (Lipinski definition) is 9. The van der Waals surface area contributed by atoms with Gasteiger partial charge in [0.2, 0.25) is 4.96 Å². The summed E-state index contributed by atoms with van der Waals surface area (Å²) in [6, 6.07) is 7.82. The summed E-state index contributed by atoms with van der Waals surface area (Å²) >= 11 is 4.68. The van der Waals surface area contributed by atoms with E-state index in [4.69, 9.17) is 4.74 Å². The number of aryl methyl sites for hydroxylation is 1. The maximum atomic E-state index is 5.19. The van der Waals surface area contributed by atoms with Crippen LogP contribution in [0, 0.1) is 6.92 Å². The molecule has 3 heterocycles. The van der Waals surface area contributed by atoms with Crippen LogP contribution in [0.25, 0.3) is 15.5 Å². The zero-order valence-electron chi connectivity index (χ0n) is 12.8. The molecule has 3 aromatic heterocycles. The molecule has 0 radical (unpaired) electrons. The van der Waals surface area contributed by atoms with E-state index in [2.05, 4.69) is 25.5 Å². The molecule has 0 atom stereocenters. The van der Waals surface area contributed by atoms with Crippen LogP contribution in [0.3, 0.4) is 0 Å². The van der Waals surface area contributed by atoms with E-state index in [1.54, 1.807) is 34.7 Å². The lowest BCUT2D eigenvalue weighted by molar-refractivity contribution is 0.415. The number of aromatic nitrogens is 6. The largest absolute Gasteiger partial charge is 0.497 e. The molecule has 24 heavy (non-hydrogen) atoms. The molecular weight excluding hydrogens is 364 g/mol. The van der Waals surface area contributed by atoms with Crippen LogP contribution in [0.4, 0.5) is 0 Å². The van der Waals surface area contributed by atoms with Gasteiger partial charge in [-0.1, -0.05) is 34.4 Å². The van der Waals surface area contributed by atoms with Crippen molar-refractivity contribution >= 4 is 39.4 Å². The average Bonchev–Trinajstić information content (AvgIpc) is 3.29. The molecule has 0 unspecified atom stereocenters. The minimum Gasteiger partial charge on any atom is -0.497 e. The second-order valence-corrected chi connectivity index (χ2v) is 8.18. The quantitative estimate of drug-likeness (QED) is 0.494. The van der Waals surface area contributed by atoms with Crippen molar-refractivity contribution < 1.29 is 4.74 Å². The zero-order valence-corrected chi connectivity index (χ0v) is 15.3. The summed E-state index contributed by atoms with van der Waals surface area (Å²) in [5.74, 6) is 2.28. The number of methoxy groups -OCH3 is 1. The van der Waals surface area contributed by atoms with Crippen LogP contribution >= 0.6 is 34.4 Å². The topological polar surface area (TPSA) is 78.1 Å². The Kier molecular flexibility index (Phi) is 4.17. The predicted octanol–water partition coefficient (Wildman–Crippen LogP) is 3.31. The lowest BCUT2D eigenvalue weighted by atomic mass is 10.2. The molecule has 0 aliphatic carbocycles. The summed E-state index contributed by atoms with van der Waals surface area (Å²) in [5, 5.41) is 23.1. The van der Waals surface area contributed by atoms with Crippen LogP contribution in [0.1, 0.15) is 10.8 Å². The Balaban J connectivity index is 1.58. The van der Waals surface area contributed by atoms with Gasteiger partial charge in [-0.2, -0.15) is 9.61 Å². The van der Waals surface area contributed by atoms with Gasteiger partial charge >= 0.3 is 0 Å². The standard InChI is InChI=1S/C14H12N6OS3/c1-8-15-18-14(23-8)22-7-11-16-17-13-20(11)19-12(24-13)9-3-5-10(21-2)6-4-9/h3-6H,7H2,1-2H3. The van der Waals surface area contributed by atoms with Crippen molar-refractivity contribution in [3.63, 3.8) is 0 Å². The fourth-order valence-corrected chi connectivity index (χ4v) is 4.65. The summed E-state index contributed by atoms with van der Waals surface area (Å²) in [7, 11) is 1.65. The van der Waals surface area contributed by atoms with Crippen LogP contribution in [-0.2, 0) is 5.75 Å². The SMILES string of the molecule is COc1ccc(-c2nn3c(CSc4nnc(C)s4)nnc3s2)cc1. The number of nitrogens with zero attached hydrogens (tertiary/aromatic N) is 6. The molecule has 0 bridgehead atoms. The lowest BCUT2D eigenvalue weighted by Gasteiger charge is -1.99. The average molecular weight is 376 g/mol. The highest BCUT2D eigenvalue weighted by molar-refractivity contribution is 8.00. The number of rotatable bonds is 5. The Morgan fingerprint density at radius 3 is 2.62 bits per heavy atom. The Bertz CT molecular complexity index is 974. The van der Waals surface area contributed by atoms with E-state index >= 15 is 0 Å². The van der Waals surface area contributed by atoms with Crippen LogP contribution in [0.15, 0.2) is 28.6 Å². The van der Waals surface area contributed by atoms with E-state index in [-0.39, 0.29) is 0 Å². The van der Waals surface area contributed by atoms with E-state index in [1.807, 2.05) is 31.2 Å². The predicted molar refractivity (Wildman–Crippen MR) is 94.9 cm³/mol. The van der Waals surface area contributed by atoms with Crippen molar-refractivity contribution in [2.24, 2.45) is 0 Å². The summed E-state index contributed by atoms with van der Waals surface area (Å²) in [4.78, 5) is 0.782. The van der Waals surface area contributed by atoms with E-state index in [1.165, 1.54) is 11.3 Å². The summed E-state index contributed by atoms with van der Waals surface area (Å²) in [6.07, 6.45) is 0. The third-order valence-electron chi connectivity index (χ3n) is 3.22. The highest BCUT2D eigenvalue weighted by Gasteiger charge is 2.14. The molecule has 122 valence electrons. The minimum absolute atomic E-state index is 0.654. The fraction of sp³-hybridized carbons (Fsp3) is 0.214. The zero-order chi connectivity index (χ0) is 16.5. The number of benzene rings is 1. The van der Waals surface area contributed by atoms with E-state index in [9.17, 15) is 0 Å². The van der Waals surface area contributed by atoms with Crippen LogP contribution in [0.5, 0.6) is 5.75 Å². The van der Waals surface area contributed by atoms with Crippen molar-refractivity contribution in [3.05, 3.63) is 35.1 Å². The van der Waals surface area contributed by atoms with Gasteiger partial charge < -0.3 is 4.74 Å². The molecule has 0 amide bonds. The molecular formula is C14H12N6OS3. The third-order valence-corrected chi connectivity index (χ3v) is 6.14. The fourth-order valence-electron chi connectivity index (χ4n) is 2.06. The summed E-state index contributed by atoms with van der Waals surface area (Å²) in [5.41, 5.74) is 1.03. The van der Waals surface area contributed by atoms with Gasteiger partial charge in [0.25, 0.3) is 0 Å². The summed E-state index contributed by atoms with van der Waals surface area (Å²) in [6.45, 7) is 1.94. The van der Waals surface area contributed by atoms with Gasteiger partial charge in [-0.25, -0.2) is 0 Å². The molecule has 10 heteroatoms. The molecule has 4 rings (SSSR count). The highest BCUT2D eigenvalue weighted by Crippen LogP contribution is 2.29. The van der Waals surface area contributed by atoms with Crippen molar-refractivity contribution in [1.29, 1.82) is 0 Å². The monoisotopic (exact) mass is 376 g/mol. The molecule has 1 aromatic carbocycles. The van der Waals surface area contributed by atoms with Gasteiger partial charge in [-0.15, -0.1) is 20.4 Å². The first-order chi connectivity index (χ1) is 11.7. The molecule has 0 saturated heterocycles. The molecule has 0 aliphatic heterocycles. The molecule has 4 aromatic rings.